The summed E-state index contributed by atoms with van der Waals surface area (Å²) in [6, 6.07) is 0.207. The fourth-order valence-electron chi connectivity index (χ4n) is 2.19. The highest BCUT2D eigenvalue weighted by molar-refractivity contribution is 5.83. The Morgan fingerprint density at radius 2 is 2.25 bits per heavy atom. The van der Waals surface area contributed by atoms with Gasteiger partial charge in [0.1, 0.15) is 12.9 Å². The molecule has 1 heterocycles. The van der Waals surface area contributed by atoms with Crippen LogP contribution in [0.4, 0.5) is 5.95 Å². The number of hydrogen-bond donors (Lipinski definition) is 2. The summed E-state index contributed by atoms with van der Waals surface area (Å²) in [5.74, 6) is -0.725. The van der Waals surface area contributed by atoms with Crippen LogP contribution in [0.1, 0.15) is 32.6 Å². The van der Waals surface area contributed by atoms with Crippen molar-refractivity contribution in [2.45, 2.75) is 51.3 Å². The average Bonchev–Trinajstić information content (AvgIpc) is 3.01. The van der Waals surface area contributed by atoms with Crippen LogP contribution >= 0.6 is 0 Å². The molecule has 1 fully saturated rings. The van der Waals surface area contributed by atoms with E-state index in [9.17, 15) is 9.59 Å². The molecular weight excluding hydrogens is 262 g/mol. The molecule has 0 aliphatic heterocycles. The Hall–Kier alpha value is -2.12. The highest BCUT2D eigenvalue weighted by Crippen LogP contribution is 2.17. The molecule has 0 radical (unpaired) electrons. The van der Waals surface area contributed by atoms with Gasteiger partial charge >= 0.3 is 5.97 Å². The number of carbonyl (C=O) groups excluding carboxylic acids is 2. The van der Waals surface area contributed by atoms with Crippen LogP contribution in [0.5, 0.6) is 0 Å². The van der Waals surface area contributed by atoms with Crippen molar-refractivity contribution >= 4 is 17.8 Å². The number of amides is 1. The van der Waals surface area contributed by atoms with Gasteiger partial charge in [-0.1, -0.05) is 12.8 Å². The fraction of sp³-hybridized carbons (Fsp3) is 0.667. The molecule has 0 aromatic carbocycles. The number of hydrogen-bond acceptors (Lipinski definition) is 6. The maximum Gasteiger partial charge on any atom is 0.328 e. The van der Waals surface area contributed by atoms with E-state index in [0.29, 0.717) is 0 Å². The number of ether oxygens (including phenoxy) is 1. The molecular formula is C12H19N5O3. The number of nitrogens with zero attached hydrogens (tertiary/aromatic N) is 3. The third-order valence-electron chi connectivity index (χ3n) is 3.22. The van der Waals surface area contributed by atoms with Gasteiger partial charge in [0.25, 0.3) is 5.91 Å². The first kappa shape index (κ1) is 14.3. The molecule has 2 rings (SSSR count). The number of rotatable bonds is 5. The number of nitrogens with one attached hydrogen (secondary N) is 1. The van der Waals surface area contributed by atoms with Crippen LogP contribution in [0.25, 0.3) is 0 Å². The molecule has 1 aliphatic rings. The van der Waals surface area contributed by atoms with Crippen LogP contribution in [0.3, 0.4) is 0 Å². The Kier molecular flexibility index (Phi) is 4.54. The van der Waals surface area contributed by atoms with Gasteiger partial charge in [-0.3, -0.25) is 9.59 Å². The summed E-state index contributed by atoms with van der Waals surface area (Å²) in [5, 5.41) is 6.65. The summed E-state index contributed by atoms with van der Waals surface area (Å²) in [4.78, 5) is 27.2. The number of aromatic nitrogens is 3. The van der Waals surface area contributed by atoms with E-state index in [-0.39, 0.29) is 24.4 Å². The average molecular weight is 281 g/mol. The minimum atomic E-state index is -0.816. The highest BCUT2D eigenvalue weighted by atomic mass is 16.5. The first-order valence-electron chi connectivity index (χ1n) is 6.69. The fourth-order valence-corrected chi connectivity index (χ4v) is 2.19. The molecule has 8 nitrogen and oxygen atoms in total. The predicted octanol–water partition coefficient (Wildman–Crippen LogP) is -0.149. The summed E-state index contributed by atoms with van der Waals surface area (Å²) in [5.41, 5.74) is 5.34. The number of carbonyl (C=O) groups is 2. The van der Waals surface area contributed by atoms with E-state index < -0.39 is 12.1 Å². The van der Waals surface area contributed by atoms with Crippen molar-refractivity contribution in [3.8, 4) is 0 Å². The molecule has 20 heavy (non-hydrogen) atoms. The summed E-state index contributed by atoms with van der Waals surface area (Å²) in [6.07, 6.45) is 4.76. The van der Waals surface area contributed by atoms with Crippen molar-refractivity contribution in [1.82, 2.24) is 20.1 Å². The SMILES string of the molecule is CC(OC(=O)Cn1cnc(N)n1)C(=O)NC1CCCC1. The molecule has 1 aliphatic carbocycles. The van der Waals surface area contributed by atoms with Crippen molar-refractivity contribution in [3.05, 3.63) is 6.33 Å². The maximum absolute atomic E-state index is 11.8. The van der Waals surface area contributed by atoms with E-state index in [1.807, 2.05) is 0 Å². The smallest absolute Gasteiger partial charge is 0.328 e. The lowest BCUT2D eigenvalue weighted by atomic mass is 10.2. The van der Waals surface area contributed by atoms with Gasteiger partial charge in [0.05, 0.1) is 0 Å². The van der Waals surface area contributed by atoms with Crippen LogP contribution in [0, 0.1) is 0 Å². The molecule has 3 N–H and O–H groups in total. The van der Waals surface area contributed by atoms with Crippen molar-refractivity contribution in [2.24, 2.45) is 0 Å². The van der Waals surface area contributed by atoms with Gasteiger partial charge in [0, 0.05) is 6.04 Å². The Labute approximate surface area is 116 Å². The van der Waals surface area contributed by atoms with Gasteiger partial charge in [0.2, 0.25) is 5.95 Å². The Balaban J connectivity index is 1.76. The van der Waals surface area contributed by atoms with Crippen molar-refractivity contribution in [3.63, 3.8) is 0 Å². The molecule has 1 amide bonds. The van der Waals surface area contributed by atoms with Gasteiger partial charge in [-0.15, -0.1) is 5.10 Å². The summed E-state index contributed by atoms with van der Waals surface area (Å²) < 4.78 is 6.32. The van der Waals surface area contributed by atoms with E-state index in [4.69, 9.17) is 10.5 Å². The molecule has 8 heteroatoms. The molecule has 0 bridgehead atoms. The lowest BCUT2D eigenvalue weighted by Gasteiger charge is -2.17. The number of esters is 1. The van der Waals surface area contributed by atoms with E-state index in [2.05, 4.69) is 15.4 Å². The normalized spacial score (nSPS) is 16.9. The molecule has 110 valence electrons. The second-order valence-corrected chi connectivity index (χ2v) is 4.92. The quantitative estimate of drug-likeness (QED) is 0.726. The van der Waals surface area contributed by atoms with E-state index in [0.717, 1.165) is 25.7 Å². The molecule has 0 spiro atoms. The minimum absolute atomic E-state index is 0.0878. The Morgan fingerprint density at radius 3 is 2.85 bits per heavy atom. The third-order valence-corrected chi connectivity index (χ3v) is 3.22. The number of anilines is 1. The molecule has 1 unspecified atom stereocenters. The molecule has 1 saturated carbocycles. The summed E-state index contributed by atoms with van der Waals surface area (Å²) in [6.45, 7) is 1.43. The van der Waals surface area contributed by atoms with Gasteiger partial charge in [-0.2, -0.15) is 0 Å². The van der Waals surface area contributed by atoms with E-state index in [1.165, 1.54) is 11.0 Å². The van der Waals surface area contributed by atoms with E-state index >= 15 is 0 Å². The predicted molar refractivity (Wildman–Crippen MR) is 70.4 cm³/mol. The Bertz CT molecular complexity index is 481. The zero-order valence-corrected chi connectivity index (χ0v) is 11.4. The topological polar surface area (TPSA) is 112 Å². The first-order valence-corrected chi connectivity index (χ1v) is 6.69. The summed E-state index contributed by atoms with van der Waals surface area (Å²) in [7, 11) is 0. The van der Waals surface area contributed by atoms with Gasteiger partial charge in [0.15, 0.2) is 6.10 Å². The van der Waals surface area contributed by atoms with Crippen LogP contribution in [-0.2, 0) is 20.9 Å². The standard InChI is InChI=1S/C12H19N5O3/c1-8(11(19)15-9-4-2-3-5-9)20-10(18)6-17-7-14-12(13)16-17/h7-9H,2-6H2,1H3,(H2,13,16)(H,15,19). The molecule has 0 saturated heterocycles. The van der Waals surface area contributed by atoms with Gasteiger partial charge in [-0.25, -0.2) is 9.67 Å². The first-order chi connectivity index (χ1) is 9.54. The van der Waals surface area contributed by atoms with Crippen LogP contribution in [-0.4, -0.2) is 38.8 Å². The van der Waals surface area contributed by atoms with Crippen LogP contribution in [0.2, 0.25) is 0 Å². The second kappa shape index (κ2) is 6.36. The van der Waals surface area contributed by atoms with Crippen LogP contribution < -0.4 is 11.1 Å². The highest BCUT2D eigenvalue weighted by Gasteiger charge is 2.23. The zero-order valence-electron chi connectivity index (χ0n) is 11.4. The summed E-state index contributed by atoms with van der Waals surface area (Å²) >= 11 is 0. The Morgan fingerprint density at radius 1 is 1.55 bits per heavy atom. The van der Waals surface area contributed by atoms with Crippen molar-refractivity contribution in [2.75, 3.05) is 5.73 Å². The lowest BCUT2D eigenvalue weighted by Crippen LogP contribution is -2.41. The monoisotopic (exact) mass is 281 g/mol. The van der Waals surface area contributed by atoms with Gasteiger partial charge in [-0.05, 0) is 19.8 Å². The second-order valence-electron chi connectivity index (χ2n) is 4.92. The molecule has 1 aromatic heterocycles. The maximum atomic E-state index is 11.8. The number of nitrogen functional groups attached to an aromatic ring is 1. The zero-order chi connectivity index (χ0) is 14.5. The molecule has 1 atom stereocenters. The largest absolute Gasteiger partial charge is 0.451 e. The van der Waals surface area contributed by atoms with Gasteiger partial charge < -0.3 is 15.8 Å². The lowest BCUT2D eigenvalue weighted by molar-refractivity contribution is -0.155. The third kappa shape index (κ3) is 3.94. The minimum Gasteiger partial charge on any atom is -0.451 e. The van der Waals surface area contributed by atoms with Crippen molar-refractivity contribution in [1.29, 1.82) is 0 Å². The number of nitrogens with two attached hydrogens (primary N) is 1. The molecule has 1 aromatic rings. The van der Waals surface area contributed by atoms with Crippen molar-refractivity contribution < 1.29 is 14.3 Å². The van der Waals surface area contributed by atoms with Crippen LogP contribution in [0.15, 0.2) is 6.33 Å². The van der Waals surface area contributed by atoms with E-state index in [1.54, 1.807) is 6.92 Å².